The number of rotatable bonds is 2. The number of thiophene rings is 2. The SMILES string of the molecule is Cc1ccc(-c2cnc(-c3ccc(Cl)s3)s2)s1. The van der Waals surface area contributed by atoms with Crippen LogP contribution < -0.4 is 0 Å². The molecular formula is C12H8ClNS3. The summed E-state index contributed by atoms with van der Waals surface area (Å²) >= 11 is 11.0. The van der Waals surface area contributed by atoms with E-state index in [2.05, 4.69) is 24.0 Å². The Kier molecular flexibility index (Phi) is 3.04. The highest BCUT2D eigenvalue weighted by atomic mass is 35.5. The van der Waals surface area contributed by atoms with Gasteiger partial charge in [-0.1, -0.05) is 11.6 Å². The molecule has 0 N–H and O–H groups in total. The van der Waals surface area contributed by atoms with Crippen LogP contribution in [0.2, 0.25) is 4.34 Å². The number of hydrogen-bond acceptors (Lipinski definition) is 4. The molecule has 0 spiro atoms. The second-order valence-electron chi connectivity index (χ2n) is 3.54. The van der Waals surface area contributed by atoms with Crippen molar-refractivity contribution in [3.05, 3.63) is 39.7 Å². The van der Waals surface area contributed by atoms with E-state index in [0.717, 1.165) is 14.2 Å². The third-order valence-corrected chi connectivity index (χ3v) is 5.87. The number of halogens is 1. The Bertz CT molecular complexity index is 595. The van der Waals surface area contributed by atoms with Crippen molar-refractivity contribution in [3.8, 4) is 19.6 Å². The maximum absolute atomic E-state index is 5.93. The van der Waals surface area contributed by atoms with Gasteiger partial charge in [-0.3, -0.25) is 0 Å². The number of aromatic nitrogens is 1. The van der Waals surface area contributed by atoms with Gasteiger partial charge < -0.3 is 0 Å². The van der Waals surface area contributed by atoms with Gasteiger partial charge in [0.25, 0.3) is 0 Å². The largest absolute Gasteiger partial charge is 0.243 e. The van der Waals surface area contributed by atoms with Crippen molar-refractivity contribution in [2.75, 3.05) is 0 Å². The van der Waals surface area contributed by atoms with Gasteiger partial charge in [-0.2, -0.15) is 0 Å². The van der Waals surface area contributed by atoms with Gasteiger partial charge in [-0.05, 0) is 31.2 Å². The molecule has 0 aromatic carbocycles. The zero-order valence-corrected chi connectivity index (χ0v) is 12.1. The fraction of sp³-hybridized carbons (Fsp3) is 0.0833. The molecule has 0 aliphatic heterocycles. The molecule has 0 saturated heterocycles. The molecule has 0 bridgehead atoms. The van der Waals surface area contributed by atoms with E-state index < -0.39 is 0 Å². The molecule has 1 nitrogen and oxygen atoms in total. The Hall–Kier alpha value is -0.680. The van der Waals surface area contributed by atoms with E-state index in [1.54, 1.807) is 34.0 Å². The minimum Gasteiger partial charge on any atom is -0.243 e. The van der Waals surface area contributed by atoms with Gasteiger partial charge in [0.05, 0.1) is 14.1 Å². The Morgan fingerprint density at radius 1 is 0.941 bits per heavy atom. The average molecular weight is 298 g/mol. The first kappa shape index (κ1) is 11.4. The normalized spacial score (nSPS) is 10.9. The van der Waals surface area contributed by atoms with Crippen LogP contribution in [-0.2, 0) is 0 Å². The van der Waals surface area contributed by atoms with Crippen LogP contribution in [0.25, 0.3) is 19.6 Å². The van der Waals surface area contributed by atoms with Crippen molar-refractivity contribution in [2.24, 2.45) is 0 Å². The molecular weight excluding hydrogens is 290 g/mol. The highest BCUT2D eigenvalue weighted by Crippen LogP contribution is 2.38. The topological polar surface area (TPSA) is 12.9 Å². The summed E-state index contributed by atoms with van der Waals surface area (Å²) in [5.74, 6) is 0. The summed E-state index contributed by atoms with van der Waals surface area (Å²) in [6.45, 7) is 2.12. The number of nitrogens with zero attached hydrogens (tertiary/aromatic N) is 1. The van der Waals surface area contributed by atoms with Crippen LogP contribution in [0.3, 0.4) is 0 Å². The lowest BCUT2D eigenvalue weighted by atomic mass is 10.4. The second-order valence-corrected chi connectivity index (χ2v) is 7.58. The minimum atomic E-state index is 0.809. The summed E-state index contributed by atoms with van der Waals surface area (Å²) in [4.78, 5) is 9.44. The molecule has 3 rings (SSSR count). The van der Waals surface area contributed by atoms with Crippen LogP contribution in [0.4, 0.5) is 0 Å². The molecule has 5 heteroatoms. The third kappa shape index (κ3) is 2.31. The predicted molar refractivity (Wildman–Crippen MR) is 78.5 cm³/mol. The van der Waals surface area contributed by atoms with Crippen molar-refractivity contribution < 1.29 is 0 Å². The first-order valence-electron chi connectivity index (χ1n) is 5.01. The van der Waals surface area contributed by atoms with Crippen molar-refractivity contribution in [1.29, 1.82) is 0 Å². The molecule has 3 heterocycles. The number of thiazole rings is 1. The minimum absolute atomic E-state index is 0.809. The predicted octanol–water partition coefficient (Wildman–Crippen LogP) is 5.56. The van der Waals surface area contributed by atoms with Crippen LogP contribution in [0.5, 0.6) is 0 Å². The fourth-order valence-corrected chi connectivity index (χ4v) is 4.46. The molecule has 0 radical (unpaired) electrons. The summed E-state index contributed by atoms with van der Waals surface area (Å²) in [7, 11) is 0. The molecule has 3 aromatic heterocycles. The molecule has 0 aliphatic rings. The smallest absolute Gasteiger partial charge is 0.133 e. The van der Waals surface area contributed by atoms with Crippen molar-refractivity contribution in [2.45, 2.75) is 6.92 Å². The summed E-state index contributed by atoms with van der Waals surface area (Å²) in [5, 5.41) is 1.04. The zero-order chi connectivity index (χ0) is 11.8. The lowest BCUT2D eigenvalue weighted by Crippen LogP contribution is -1.63. The van der Waals surface area contributed by atoms with Crippen molar-refractivity contribution >= 4 is 45.6 Å². The maximum Gasteiger partial charge on any atom is 0.133 e. The third-order valence-electron chi connectivity index (χ3n) is 2.27. The van der Waals surface area contributed by atoms with Crippen LogP contribution in [-0.4, -0.2) is 4.98 Å². The Morgan fingerprint density at radius 2 is 1.76 bits per heavy atom. The van der Waals surface area contributed by atoms with E-state index in [-0.39, 0.29) is 0 Å². The van der Waals surface area contributed by atoms with E-state index in [1.807, 2.05) is 18.3 Å². The Labute approximate surface area is 116 Å². The lowest BCUT2D eigenvalue weighted by molar-refractivity contribution is 1.43. The quantitative estimate of drug-likeness (QED) is 0.603. The maximum atomic E-state index is 5.93. The van der Waals surface area contributed by atoms with Gasteiger partial charge in [0.1, 0.15) is 5.01 Å². The molecule has 86 valence electrons. The molecule has 0 saturated carbocycles. The van der Waals surface area contributed by atoms with Gasteiger partial charge in [0.15, 0.2) is 0 Å². The van der Waals surface area contributed by atoms with Crippen LogP contribution in [0.15, 0.2) is 30.5 Å². The summed E-state index contributed by atoms with van der Waals surface area (Å²) in [6.07, 6.45) is 1.94. The van der Waals surface area contributed by atoms with E-state index in [9.17, 15) is 0 Å². The van der Waals surface area contributed by atoms with Crippen LogP contribution >= 0.6 is 45.6 Å². The number of aryl methyl sites for hydroxylation is 1. The van der Waals surface area contributed by atoms with Gasteiger partial charge in [0, 0.05) is 16.0 Å². The van der Waals surface area contributed by atoms with Crippen LogP contribution in [0.1, 0.15) is 4.88 Å². The van der Waals surface area contributed by atoms with E-state index in [1.165, 1.54) is 14.6 Å². The average Bonchev–Trinajstić information content (AvgIpc) is 2.96. The zero-order valence-electron chi connectivity index (χ0n) is 8.94. The van der Waals surface area contributed by atoms with Gasteiger partial charge in [-0.25, -0.2) is 4.98 Å². The van der Waals surface area contributed by atoms with Gasteiger partial charge >= 0.3 is 0 Å². The monoisotopic (exact) mass is 297 g/mol. The molecule has 3 aromatic rings. The first-order chi connectivity index (χ1) is 8.22. The van der Waals surface area contributed by atoms with E-state index in [4.69, 9.17) is 11.6 Å². The van der Waals surface area contributed by atoms with Crippen molar-refractivity contribution in [1.82, 2.24) is 4.98 Å². The first-order valence-corrected chi connectivity index (χ1v) is 7.83. The van der Waals surface area contributed by atoms with Crippen molar-refractivity contribution in [3.63, 3.8) is 0 Å². The molecule has 0 fully saturated rings. The highest BCUT2D eigenvalue weighted by Gasteiger charge is 2.09. The van der Waals surface area contributed by atoms with E-state index in [0.29, 0.717) is 0 Å². The standard InChI is InChI=1S/C12H8ClNS3/c1-7-2-3-8(15-7)10-6-14-12(17-10)9-4-5-11(13)16-9/h2-6H,1H3. The molecule has 0 aliphatic carbocycles. The van der Waals surface area contributed by atoms with Crippen LogP contribution in [0, 0.1) is 6.92 Å². The molecule has 17 heavy (non-hydrogen) atoms. The van der Waals surface area contributed by atoms with Gasteiger partial charge in [0.2, 0.25) is 0 Å². The summed E-state index contributed by atoms with van der Waals surface area (Å²) < 4.78 is 0.809. The molecule has 0 amide bonds. The lowest BCUT2D eigenvalue weighted by Gasteiger charge is -1.88. The van der Waals surface area contributed by atoms with E-state index >= 15 is 0 Å². The molecule has 0 atom stereocenters. The fourth-order valence-electron chi connectivity index (χ4n) is 1.50. The highest BCUT2D eigenvalue weighted by molar-refractivity contribution is 7.27. The number of hydrogen-bond donors (Lipinski definition) is 0. The second kappa shape index (κ2) is 4.53. The summed E-state index contributed by atoms with van der Waals surface area (Å²) in [6, 6.07) is 8.23. The Balaban J connectivity index is 1.98. The summed E-state index contributed by atoms with van der Waals surface area (Å²) in [5.41, 5.74) is 0. The Morgan fingerprint density at radius 3 is 2.41 bits per heavy atom. The molecule has 0 unspecified atom stereocenters. The van der Waals surface area contributed by atoms with Gasteiger partial charge in [-0.15, -0.1) is 34.0 Å².